The molecule has 1 N–H and O–H groups in total. The predicted molar refractivity (Wildman–Crippen MR) is 106 cm³/mol. The molecule has 26 heavy (non-hydrogen) atoms. The van der Waals surface area contributed by atoms with Crippen molar-refractivity contribution in [3.63, 3.8) is 0 Å². The molecule has 1 atom stereocenters. The van der Waals surface area contributed by atoms with Gasteiger partial charge in [-0.15, -0.1) is 0 Å². The lowest BCUT2D eigenvalue weighted by Gasteiger charge is -2.12. The van der Waals surface area contributed by atoms with Crippen LogP contribution in [0.25, 0.3) is 6.08 Å². The second-order valence-electron chi connectivity index (χ2n) is 6.15. The largest absolute Gasteiger partial charge is 0.497 e. The van der Waals surface area contributed by atoms with Crippen LogP contribution >= 0.6 is 0 Å². The Balaban J connectivity index is 1.67. The Labute approximate surface area is 155 Å². The zero-order valence-corrected chi connectivity index (χ0v) is 15.4. The number of nitrogens with zero attached hydrogens (tertiary/aromatic N) is 1. The van der Waals surface area contributed by atoms with Crippen LogP contribution in [0.2, 0.25) is 0 Å². The molecule has 0 spiro atoms. The second-order valence-corrected chi connectivity index (χ2v) is 6.15. The van der Waals surface area contributed by atoms with Gasteiger partial charge in [-0.3, -0.25) is 9.78 Å². The Bertz CT molecular complexity index is 722. The topological polar surface area (TPSA) is 51.2 Å². The van der Waals surface area contributed by atoms with Crippen molar-refractivity contribution in [2.24, 2.45) is 0 Å². The highest BCUT2D eigenvalue weighted by molar-refractivity contribution is 5.88. The molecular weight excluding hydrogens is 324 g/mol. The molecule has 2 rings (SSSR count). The molecule has 0 unspecified atom stereocenters. The van der Waals surface area contributed by atoms with Gasteiger partial charge in [0, 0.05) is 24.5 Å². The molecule has 0 aliphatic heterocycles. The van der Waals surface area contributed by atoms with E-state index in [4.69, 9.17) is 4.74 Å². The first-order valence-electron chi connectivity index (χ1n) is 8.85. The van der Waals surface area contributed by atoms with Gasteiger partial charge in [0.1, 0.15) is 5.75 Å². The monoisotopic (exact) mass is 350 g/mol. The van der Waals surface area contributed by atoms with E-state index < -0.39 is 0 Å². The summed E-state index contributed by atoms with van der Waals surface area (Å²) in [5.41, 5.74) is 2.29. The summed E-state index contributed by atoms with van der Waals surface area (Å²) >= 11 is 0. The van der Waals surface area contributed by atoms with Gasteiger partial charge in [0.25, 0.3) is 0 Å². The molecule has 1 aromatic heterocycles. The smallest absolute Gasteiger partial charge is 0.244 e. The van der Waals surface area contributed by atoms with E-state index >= 15 is 0 Å². The number of hydrogen-bond acceptors (Lipinski definition) is 3. The molecule has 0 fully saturated rings. The van der Waals surface area contributed by atoms with E-state index in [0.717, 1.165) is 30.6 Å². The lowest BCUT2D eigenvalue weighted by atomic mass is 10.1. The van der Waals surface area contributed by atoms with Gasteiger partial charge in [0.2, 0.25) is 5.91 Å². The van der Waals surface area contributed by atoms with E-state index in [1.807, 2.05) is 55.6 Å². The van der Waals surface area contributed by atoms with Gasteiger partial charge in [-0.1, -0.05) is 36.4 Å². The minimum absolute atomic E-state index is 0.0711. The Morgan fingerprint density at radius 1 is 1.23 bits per heavy atom. The van der Waals surface area contributed by atoms with Crippen LogP contribution < -0.4 is 10.1 Å². The fraction of sp³-hybridized carbons (Fsp3) is 0.273. The molecule has 2 aromatic rings. The molecule has 4 nitrogen and oxygen atoms in total. The summed E-state index contributed by atoms with van der Waals surface area (Å²) in [6.07, 6.45) is 13.7. The van der Waals surface area contributed by atoms with Gasteiger partial charge in [0.15, 0.2) is 0 Å². The maximum absolute atomic E-state index is 11.9. The molecule has 0 saturated heterocycles. The number of amides is 1. The molecule has 0 bridgehead atoms. The standard InChI is InChI=1S/C22H26N2O2/c1-18(7-5-9-20-10-6-16-23-17-20)24-22(25)11-4-3-8-19-12-14-21(26-2)15-13-19/h3-4,6,8,10-18H,5,7,9H2,1-2H3,(H,24,25)/t18-/m1/s1. The second kappa shape index (κ2) is 10.9. The third-order valence-electron chi connectivity index (χ3n) is 3.98. The SMILES string of the molecule is COc1ccc(C=CC=CC(=O)N[C@H](C)CCCc2cccnc2)cc1. The lowest BCUT2D eigenvalue weighted by Crippen LogP contribution is -2.31. The summed E-state index contributed by atoms with van der Waals surface area (Å²) in [4.78, 5) is 16.0. The van der Waals surface area contributed by atoms with E-state index in [-0.39, 0.29) is 11.9 Å². The summed E-state index contributed by atoms with van der Waals surface area (Å²) in [7, 11) is 1.64. The minimum Gasteiger partial charge on any atom is -0.497 e. The van der Waals surface area contributed by atoms with Crippen LogP contribution in [-0.2, 0) is 11.2 Å². The summed E-state index contributed by atoms with van der Waals surface area (Å²) in [6, 6.07) is 11.9. The molecule has 0 aliphatic rings. The number of pyridine rings is 1. The maximum atomic E-state index is 11.9. The van der Waals surface area contributed by atoms with Crippen molar-refractivity contribution in [3.05, 3.63) is 78.1 Å². The average Bonchev–Trinajstić information content (AvgIpc) is 2.66. The Morgan fingerprint density at radius 3 is 2.73 bits per heavy atom. The fourth-order valence-corrected chi connectivity index (χ4v) is 2.55. The number of allylic oxidation sites excluding steroid dienone is 2. The molecular formula is C22H26N2O2. The van der Waals surface area contributed by atoms with Crippen LogP contribution in [0.3, 0.4) is 0 Å². The number of aryl methyl sites for hydroxylation is 1. The van der Waals surface area contributed by atoms with E-state index in [0.29, 0.717) is 0 Å². The number of nitrogens with one attached hydrogen (secondary N) is 1. The minimum atomic E-state index is -0.0711. The Hall–Kier alpha value is -2.88. The number of ether oxygens (including phenoxy) is 1. The molecule has 1 amide bonds. The molecule has 0 saturated carbocycles. The van der Waals surface area contributed by atoms with Gasteiger partial charge in [-0.25, -0.2) is 0 Å². The fourth-order valence-electron chi connectivity index (χ4n) is 2.55. The quantitative estimate of drug-likeness (QED) is 0.545. The summed E-state index contributed by atoms with van der Waals surface area (Å²) in [6.45, 7) is 2.03. The highest BCUT2D eigenvalue weighted by atomic mass is 16.5. The normalized spacial score (nSPS) is 12.4. The van der Waals surface area contributed by atoms with Crippen molar-refractivity contribution in [2.45, 2.75) is 32.2 Å². The third kappa shape index (κ3) is 7.34. The van der Waals surface area contributed by atoms with Crippen molar-refractivity contribution >= 4 is 12.0 Å². The van der Waals surface area contributed by atoms with Crippen LogP contribution in [0.5, 0.6) is 5.75 Å². The van der Waals surface area contributed by atoms with Crippen LogP contribution in [-0.4, -0.2) is 24.0 Å². The van der Waals surface area contributed by atoms with Crippen LogP contribution in [0.1, 0.15) is 30.9 Å². The van der Waals surface area contributed by atoms with Gasteiger partial charge in [0.05, 0.1) is 7.11 Å². The van der Waals surface area contributed by atoms with E-state index in [2.05, 4.69) is 16.4 Å². The van der Waals surface area contributed by atoms with Crippen molar-refractivity contribution in [1.82, 2.24) is 10.3 Å². The average molecular weight is 350 g/mol. The molecule has 4 heteroatoms. The number of aromatic nitrogens is 1. The van der Waals surface area contributed by atoms with E-state index in [1.54, 1.807) is 25.5 Å². The predicted octanol–water partition coefficient (Wildman–Crippen LogP) is 4.19. The van der Waals surface area contributed by atoms with Crippen LogP contribution in [0.15, 0.2) is 67.0 Å². The maximum Gasteiger partial charge on any atom is 0.244 e. The van der Waals surface area contributed by atoms with Crippen molar-refractivity contribution in [2.75, 3.05) is 7.11 Å². The Kier molecular flexibility index (Phi) is 8.13. The zero-order valence-electron chi connectivity index (χ0n) is 15.4. The van der Waals surface area contributed by atoms with Gasteiger partial charge in [-0.2, -0.15) is 0 Å². The summed E-state index contributed by atoms with van der Waals surface area (Å²) in [5.74, 6) is 0.757. The first kappa shape index (κ1) is 19.4. The molecule has 1 heterocycles. The number of carbonyl (C=O) groups excluding carboxylic acids is 1. The molecule has 136 valence electrons. The third-order valence-corrected chi connectivity index (χ3v) is 3.98. The number of carbonyl (C=O) groups is 1. The highest BCUT2D eigenvalue weighted by Crippen LogP contribution is 2.12. The number of rotatable bonds is 9. The van der Waals surface area contributed by atoms with Gasteiger partial charge >= 0.3 is 0 Å². The Morgan fingerprint density at radius 2 is 2.04 bits per heavy atom. The molecule has 0 radical (unpaired) electrons. The number of hydrogen-bond donors (Lipinski definition) is 1. The van der Waals surface area contributed by atoms with E-state index in [9.17, 15) is 4.79 Å². The van der Waals surface area contributed by atoms with Gasteiger partial charge in [-0.05, 0) is 55.5 Å². The van der Waals surface area contributed by atoms with Crippen LogP contribution in [0, 0.1) is 0 Å². The van der Waals surface area contributed by atoms with E-state index in [1.165, 1.54) is 5.56 Å². The number of benzene rings is 1. The van der Waals surface area contributed by atoms with Crippen molar-refractivity contribution in [3.8, 4) is 5.75 Å². The summed E-state index contributed by atoms with van der Waals surface area (Å²) < 4.78 is 5.12. The lowest BCUT2D eigenvalue weighted by molar-refractivity contribution is -0.117. The first-order chi connectivity index (χ1) is 12.7. The summed E-state index contributed by atoms with van der Waals surface area (Å²) in [5, 5.41) is 2.99. The van der Waals surface area contributed by atoms with Crippen LogP contribution in [0.4, 0.5) is 0 Å². The molecule has 1 aromatic carbocycles. The zero-order chi connectivity index (χ0) is 18.6. The first-order valence-corrected chi connectivity index (χ1v) is 8.85. The van der Waals surface area contributed by atoms with Gasteiger partial charge < -0.3 is 10.1 Å². The highest BCUT2D eigenvalue weighted by Gasteiger charge is 2.04. The number of methoxy groups -OCH3 is 1. The molecule has 0 aliphatic carbocycles. The van der Waals surface area contributed by atoms with Crippen molar-refractivity contribution < 1.29 is 9.53 Å². The van der Waals surface area contributed by atoms with Crippen molar-refractivity contribution in [1.29, 1.82) is 0 Å².